The van der Waals surface area contributed by atoms with Gasteiger partial charge in [0, 0.05) is 11.6 Å². The minimum atomic E-state index is -0.579. The molecule has 0 unspecified atom stereocenters. The van der Waals surface area contributed by atoms with Crippen molar-refractivity contribution in [2.75, 3.05) is 11.9 Å². The van der Waals surface area contributed by atoms with E-state index in [0.29, 0.717) is 12.3 Å². The van der Waals surface area contributed by atoms with Crippen LogP contribution in [0.1, 0.15) is 32.3 Å². The Morgan fingerprint density at radius 1 is 1.29 bits per heavy atom. The molecule has 1 aromatic carbocycles. The Balaban J connectivity index is 1.92. The summed E-state index contributed by atoms with van der Waals surface area (Å²) in [6, 6.07) is 7.32. The third kappa shape index (κ3) is 4.59. The SMILES string of the molecule is CCOC(=O)N/N=C(/C)c1ccc(NC(=O)C2CC2)cc1. The van der Waals surface area contributed by atoms with Crippen molar-refractivity contribution in [1.82, 2.24) is 5.43 Å². The van der Waals surface area contributed by atoms with Gasteiger partial charge < -0.3 is 10.1 Å². The van der Waals surface area contributed by atoms with E-state index >= 15 is 0 Å². The third-order valence-corrected chi connectivity index (χ3v) is 3.11. The second-order valence-corrected chi connectivity index (χ2v) is 4.87. The lowest BCUT2D eigenvalue weighted by molar-refractivity contribution is -0.117. The van der Waals surface area contributed by atoms with Crippen molar-refractivity contribution >= 4 is 23.4 Å². The number of hydrogen-bond acceptors (Lipinski definition) is 4. The summed E-state index contributed by atoms with van der Waals surface area (Å²) in [5, 5.41) is 6.81. The van der Waals surface area contributed by atoms with Gasteiger partial charge in [0.2, 0.25) is 5.91 Å². The number of carbonyl (C=O) groups excluding carboxylic acids is 2. The van der Waals surface area contributed by atoms with E-state index in [4.69, 9.17) is 4.74 Å². The van der Waals surface area contributed by atoms with E-state index in [1.54, 1.807) is 13.8 Å². The summed E-state index contributed by atoms with van der Waals surface area (Å²) in [6.07, 6.45) is 1.38. The van der Waals surface area contributed by atoms with Crippen LogP contribution in [0.2, 0.25) is 0 Å². The van der Waals surface area contributed by atoms with Crippen molar-refractivity contribution < 1.29 is 14.3 Å². The predicted molar refractivity (Wildman–Crippen MR) is 80.2 cm³/mol. The van der Waals surface area contributed by atoms with Gasteiger partial charge in [-0.05, 0) is 44.4 Å². The Morgan fingerprint density at radius 3 is 2.52 bits per heavy atom. The molecule has 0 bridgehead atoms. The molecule has 1 aliphatic carbocycles. The number of benzene rings is 1. The van der Waals surface area contributed by atoms with Crippen molar-refractivity contribution in [2.45, 2.75) is 26.7 Å². The number of anilines is 1. The Hall–Kier alpha value is -2.37. The molecule has 0 spiro atoms. The quantitative estimate of drug-likeness (QED) is 0.645. The fourth-order valence-electron chi connectivity index (χ4n) is 1.74. The highest BCUT2D eigenvalue weighted by molar-refractivity contribution is 6.00. The molecule has 0 saturated heterocycles. The molecule has 2 N–H and O–H groups in total. The van der Waals surface area contributed by atoms with E-state index in [2.05, 4.69) is 15.8 Å². The largest absolute Gasteiger partial charge is 0.449 e. The molecule has 2 amide bonds. The molecule has 0 radical (unpaired) electrons. The van der Waals surface area contributed by atoms with Gasteiger partial charge in [0.25, 0.3) is 0 Å². The van der Waals surface area contributed by atoms with Crippen LogP contribution in [0, 0.1) is 5.92 Å². The maximum Gasteiger partial charge on any atom is 0.427 e. The normalized spacial score (nSPS) is 14.5. The van der Waals surface area contributed by atoms with Crippen LogP contribution in [0.15, 0.2) is 29.4 Å². The van der Waals surface area contributed by atoms with Crippen molar-refractivity contribution in [2.24, 2.45) is 11.0 Å². The van der Waals surface area contributed by atoms with Crippen LogP contribution >= 0.6 is 0 Å². The summed E-state index contributed by atoms with van der Waals surface area (Å²) >= 11 is 0. The first-order chi connectivity index (χ1) is 10.1. The maximum absolute atomic E-state index is 11.6. The van der Waals surface area contributed by atoms with Crippen molar-refractivity contribution in [3.8, 4) is 0 Å². The standard InChI is InChI=1S/C15H19N3O3/c1-3-21-15(20)18-17-10(2)11-6-8-13(9-7-11)16-14(19)12-4-5-12/h6-9,12H,3-5H2,1-2H3,(H,16,19)(H,18,20)/b17-10-. The van der Waals surface area contributed by atoms with E-state index in [1.165, 1.54) is 0 Å². The van der Waals surface area contributed by atoms with Crippen LogP contribution in [0.25, 0.3) is 0 Å². The van der Waals surface area contributed by atoms with Gasteiger partial charge in [0.15, 0.2) is 0 Å². The number of hydrazone groups is 1. The van der Waals surface area contributed by atoms with Gasteiger partial charge in [-0.15, -0.1) is 0 Å². The van der Waals surface area contributed by atoms with Crippen LogP contribution in [0.5, 0.6) is 0 Å². The molecule has 1 aliphatic rings. The van der Waals surface area contributed by atoms with Gasteiger partial charge in [0.05, 0.1) is 12.3 Å². The lowest BCUT2D eigenvalue weighted by Crippen LogP contribution is -2.20. The fraction of sp³-hybridized carbons (Fsp3) is 0.400. The second kappa shape index (κ2) is 6.88. The van der Waals surface area contributed by atoms with Crippen molar-refractivity contribution in [1.29, 1.82) is 0 Å². The van der Waals surface area contributed by atoms with E-state index in [-0.39, 0.29) is 11.8 Å². The minimum absolute atomic E-state index is 0.0807. The summed E-state index contributed by atoms with van der Waals surface area (Å²) in [5.74, 6) is 0.263. The Bertz CT molecular complexity index is 548. The van der Waals surface area contributed by atoms with Gasteiger partial charge >= 0.3 is 6.09 Å². The van der Waals surface area contributed by atoms with Gasteiger partial charge in [-0.25, -0.2) is 10.2 Å². The number of ether oxygens (including phenoxy) is 1. The average Bonchev–Trinajstić information content (AvgIpc) is 3.30. The molecular weight excluding hydrogens is 270 g/mol. The summed E-state index contributed by atoms with van der Waals surface area (Å²) in [5.41, 5.74) is 4.59. The molecule has 0 aliphatic heterocycles. The third-order valence-electron chi connectivity index (χ3n) is 3.11. The predicted octanol–water partition coefficient (Wildman–Crippen LogP) is 2.51. The smallest absolute Gasteiger partial charge is 0.427 e. The highest BCUT2D eigenvalue weighted by Crippen LogP contribution is 2.30. The highest BCUT2D eigenvalue weighted by Gasteiger charge is 2.29. The van der Waals surface area contributed by atoms with E-state index < -0.39 is 6.09 Å². The van der Waals surface area contributed by atoms with Gasteiger partial charge in [-0.1, -0.05) is 12.1 Å². The van der Waals surface area contributed by atoms with Gasteiger partial charge in [-0.3, -0.25) is 4.79 Å². The average molecular weight is 289 g/mol. The van der Waals surface area contributed by atoms with E-state index in [9.17, 15) is 9.59 Å². The molecule has 1 fully saturated rings. The van der Waals surface area contributed by atoms with Gasteiger partial charge in [-0.2, -0.15) is 5.10 Å². The number of hydrogen-bond donors (Lipinski definition) is 2. The molecule has 112 valence electrons. The topological polar surface area (TPSA) is 79.8 Å². The number of nitrogens with one attached hydrogen (secondary N) is 2. The van der Waals surface area contributed by atoms with Crippen molar-refractivity contribution in [3.05, 3.63) is 29.8 Å². The zero-order valence-corrected chi connectivity index (χ0v) is 12.2. The highest BCUT2D eigenvalue weighted by atomic mass is 16.5. The van der Waals surface area contributed by atoms with Crippen LogP contribution in [0.4, 0.5) is 10.5 Å². The van der Waals surface area contributed by atoms with Crippen LogP contribution in [0.3, 0.4) is 0 Å². The first-order valence-electron chi connectivity index (χ1n) is 6.98. The molecule has 2 rings (SSSR count). The summed E-state index contributed by atoms with van der Waals surface area (Å²) in [4.78, 5) is 22.8. The Kier molecular flexibility index (Phi) is 4.92. The molecule has 0 heterocycles. The Labute approximate surface area is 123 Å². The number of carbonyl (C=O) groups is 2. The van der Waals surface area contributed by atoms with E-state index in [1.807, 2.05) is 24.3 Å². The fourth-order valence-corrected chi connectivity index (χ4v) is 1.74. The first-order valence-corrected chi connectivity index (χ1v) is 6.98. The molecule has 6 nitrogen and oxygen atoms in total. The summed E-state index contributed by atoms with van der Waals surface area (Å²) in [7, 11) is 0. The molecule has 0 atom stereocenters. The molecular formula is C15H19N3O3. The lowest BCUT2D eigenvalue weighted by Gasteiger charge is -2.06. The molecule has 1 aromatic rings. The number of rotatable bonds is 5. The lowest BCUT2D eigenvalue weighted by atomic mass is 10.1. The molecule has 6 heteroatoms. The van der Waals surface area contributed by atoms with Crippen LogP contribution in [-0.4, -0.2) is 24.3 Å². The van der Waals surface area contributed by atoms with Gasteiger partial charge in [0.1, 0.15) is 0 Å². The molecule has 0 aromatic heterocycles. The number of nitrogens with zero attached hydrogens (tertiary/aromatic N) is 1. The minimum Gasteiger partial charge on any atom is -0.449 e. The molecule has 1 saturated carbocycles. The summed E-state index contributed by atoms with van der Waals surface area (Å²) in [6.45, 7) is 3.81. The maximum atomic E-state index is 11.6. The van der Waals surface area contributed by atoms with Crippen LogP contribution in [-0.2, 0) is 9.53 Å². The first kappa shape index (κ1) is 15.0. The van der Waals surface area contributed by atoms with E-state index in [0.717, 1.165) is 24.1 Å². The molecule has 21 heavy (non-hydrogen) atoms. The van der Waals surface area contributed by atoms with Crippen LogP contribution < -0.4 is 10.7 Å². The summed E-state index contributed by atoms with van der Waals surface area (Å²) < 4.78 is 4.71. The zero-order chi connectivity index (χ0) is 15.2. The zero-order valence-electron chi connectivity index (χ0n) is 12.2. The number of amides is 2. The van der Waals surface area contributed by atoms with Crippen molar-refractivity contribution in [3.63, 3.8) is 0 Å². The monoisotopic (exact) mass is 289 g/mol. The Morgan fingerprint density at radius 2 is 1.95 bits per heavy atom. The second-order valence-electron chi connectivity index (χ2n) is 4.87.